The number of hydrogen-bond acceptors (Lipinski definition) is 3. The molecule has 0 saturated carbocycles. The number of rotatable bonds is 1. The molecule has 0 aromatic heterocycles. The van der Waals surface area contributed by atoms with Crippen molar-refractivity contribution in [1.82, 2.24) is 0 Å². The maximum absolute atomic E-state index is 11.1. The first-order valence-electron chi connectivity index (χ1n) is 3.34. The van der Waals surface area contributed by atoms with Crippen LogP contribution in [0.1, 0.15) is 0 Å². The molecule has 1 N–H and O–H groups in total. The smallest absolute Gasteiger partial charge is 0.184 e. The van der Waals surface area contributed by atoms with Crippen LogP contribution in [0.5, 0.6) is 0 Å². The summed E-state index contributed by atoms with van der Waals surface area (Å²) in [6.45, 7) is 0. The largest absolute Gasteiger partial charge is 0.295 e. The van der Waals surface area contributed by atoms with Crippen molar-refractivity contribution in [3.63, 3.8) is 0 Å². The minimum atomic E-state index is -0.972. The average molecular weight is 217 g/mol. The summed E-state index contributed by atoms with van der Waals surface area (Å²) in [5.74, 6) is 0. The highest BCUT2D eigenvalue weighted by atomic mass is 33.1. The fourth-order valence-corrected chi connectivity index (χ4v) is 3.80. The van der Waals surface area contributed by atoms with E-state index in [1.54, 1.807) is 11.8 Å². The van der Waals surface area contributed by atoms with Gasteiger partial charge in [-0.15, -0.1) is 11.8 Å². The molecular weight excluding hydrogens is 210 g/mol. The fraction of sp³-hybridized carbons (Fsp3) is 0.143. The van der Waals surface area contributed by atoms with Crippen LogP contribution in [0.2, 0.25) is 0 Å². The van der Waals surface area contributed by atoms with Gasteiger partial charge in [-0.25, -0.2) is 4.21 Å². The molecule has 1 aliphatic rings. The molecule has 1 heterocycles. The van der Waals surface area contributed by atoms with Gasteiger partial charge in [0, 0.05) is 9.79 Å². The summed E-state index contributed by atoms with van der Waals surface area (Å²) in [5, 5.41) is 0. The zero-order chi connectivity index (χ0) is 8.55. The van der Waals surface area contributed by atoms with Crippen molar-refractivity contribution in [3.05, 3.63) is 18.2 Å². The maximum atomic E-state index is 11.1. The van der Waals surface area contributed by atoms with Crippen LogP contribution in [0.3, 0.4) is 0 Å². The Hall–Kier alpha value is -0.130. The summed E-state index contributed by atoms with van der Waals surface area (Å²) in [6.07, 6.45) is 2.03. The van der Waals surface area contributed by atoms with E-state index >= 15 is 0 Å². The van der Waals surface area contributed by atoms with Gasteiger partial charge in [0.25, 0.3) is 0 Å². The number of hydrogen-bond donors (Lipinski definition) is 1. The lowest BCUT2D eigenvalue weighted by atomic mass is 10.3. The van der Waals surface area contributed by atoms with Gasteiger partial charge in [-0.2, -0.15) is 0 Å². The van der Waals surface area contributed by atoms with E-state index in [1.807, 2.05) is 18.4 Å². The van der Waals surface area contributed by atoms with Crippen molar-refractivity contribution in [2.45, 2.75) is 9.79 Å². The zero-order valence-corrected chi connectivity index (χ0v) is 8.81. The first-order valence-corrected chi connectivity index (χ1v) is 7.05. The number of benzene rings is 1. The van der Waals surface area contributed by atoms with Crippen LogP contribution in [-0.4, -0.2) is 10.5 Å². The van der Waals surface area contributed by atoms with Gasteiger partial charge in [0.05, 0.1) is 5.69 Å². The topological polar surface area (TPSA) is 29.1 Å². The Morgan fingerprint density at radius 2 is 2.42 bits per heavy atom. The first kappa shape index (κ1) is 8.47. The molecule has 0 fully saturated rings. The number of nitrogens with one attached hydrogen (secondary N) is 1. The lowest BCUT2D eigenvalue weighted by molar-refractivity contribution is 0.694. The molecule has 2 rings (SSSR count). The monoisotopic (exact) mass is 217 g/mol. The normalized spacial score (nSPS) is 20.2. The Labute approximate surface area is 81.5 Å². The van der Waals surface area contributed by atoms with Crippen LogP contribution >= 0.6 is 22.6 Å². The fourth-order valence-electron chi connectivity index (χ4n) is 0.975. The van der Waals surface area contributed by atoms with E-state index in [9.17, 15) is 4.21 Å². The van der Waals surface area contributed by atoms with Crippen LogP contribution in [0.15, 0.2) is 28.0 Å². The third-order valence-corrected chi connectivity index (χ3v) is 4.57. The third-order valence-electron chi connectivity index (χ3n) is 1.55. The van der Waals surface area contributed by atoms with Crippen LogP contribution in [0, 0.1) is 0 Å². The van der Waals surface area contributed by atoms with Crippen molar-refractivity contribution in [2.24, 2.45) is 0 Å². The van der Waals surface area contributed by atoms with E-state index in [2.05, 4.69) is 10.8 Å². The summed E-state index contributed by atoms with van der Waals surface area (Å²) < 4.78 is 13.9. The summed E-state index contributed by atoms with van der Waals surface area (Å²) >= 11 is 1.70. The molecule has 0 unspecified atom stereocenters. The summed E-state index contributed by atoms with van der Waals surface area (Å²) in [6, 6.07) is 6.06. The second-order valence-electron chi connectivity index (χ2n) is 2.28. The molecule has 1 aromatic carbocycles. The van der Waals surface area contributed by atoms with Gasteiger partial charge in [-0.3, -0.25) is 4.72 Å². The predicted molar refractivity (Wildman–Crippen MR) is 55.8 cm³/mol. The molecule has 0 saturated heterocycles. The van der Waals surface area contributed by atoms with E-state index in [1.165, 1.54) is 15.7 Å². The molecule has 64 valence electrons. The van der Waals surface area contributed by atoms with Gasteiger partial charge in [0.15, 0.2) is 10.0 Å². The van der Waals surface area contributed by atoms with E-state index in [0.29, 0.717) is 0 Å². The van der Waals surface area contributed by atoms with Crippen molar-refractivity contribution < 1.29 is 4.21 Å². The Morgan fingerprint density at radius 1 is 1.58 bits per heavy atom. The van der Waals surface area contributed by atoms with Gasteiger partial charge >= 0.3 is 0 Å². The van der Waals surface area contributed by atoms with Crippen molar-refractivity contribution >= 4 is 38.3 Å². The molecule has 1 aromatic rings. The zero-order valence-electron chi connectivity index (χ0n) is 6.37. The van der Waals surface area contributed by atoms with Gasteiger partial charge in [0.1, 0.15) is 0 Å². The van der Waals surface area contributed by atoms with E-state index in [4.69, 9.17) is 0 Å². The SMILES string of the molecule is CSc1ccc2c(c1)S[S@@](=O)N2. The van der Waals surface area contributed by atoms with Crippen LogP contribution in [-0.2, 0) is 10.0 Å². The summed E-state index contributed by atoms with van der Waals surface area (Å²) in [7, 11) is 0.396. The highest BCUT2D eigenvalue weighted by molar-refractivity contribution is 8.70. The minimum absolute atomic E-state index is 0.972. The van der Waals surface area contributed by atoms with Crippen molar-refractivity contribution in [1.29, 1.82) is 0 Å². The van der Waals surface area contributed by atoms with Gasteiger partial charge in [0.2, 0.25) is 0 Å². The van der Waals surface area contributed by atoms with Gasteiger partial charge in [-0.1, -0.05) is 0 Å². The molecule has 0 aliphatic carbocycles. The van der Waals surface area contributed by atoms with Gasteiger partial charge in [-0.05, 0) is 35.2 Å². The molecule has 12 heavy (non-hydrogen) atoms. The van der Waals surface area contributed by atoms with Crippen molar-refractivity contribution in [3.8, 4) is 0 Å². The van der Waals surface area contributed by atoms with Crippen LogP contribution in [0.25, 0.3) is 0 Å². The second-order valence-corrected chi connectivity index (χ2v) is 5.85. The Balaban J connectivity index is 2.41. The van der Waals surface area contributed by atoms with Gasteiger partial charge < -0.3 is 0 Å². The molecule has 1 aliphatic heterocycles. The van der Waals surface area contributed by atoms with E-state index < -0.39 is 10.0 Å². The molecule has 0 radical (unpaired) electrons. The number of fused-ring (bicyclic) bond motifs is 1. The molecule has 0 bridgehead atoms. The van der Waals surface area contributed by atoms with Crippen LogP contribution < -0.4 is 4.72 Å². The predicted octanol–water partition coefficient (Wildman–Crippen LogP) is 2.50. The third kappa shape index (κ3) is 1.48. The van der Waals surface area contributed by atoms with Crippen LogP contribution in [0.4, 0.5) is 5.69 Å². The second kappa shape index (κ2) is 3.32. The number of anilines is 1. The minimum Gasteiger partial charge on any atom is -0.295 e. The maximum Gasteiger partial charge on any atom is 0.184 e. The summed E-state index contributed by atoms with van der Waals surface area (Å²) in [4.78, 5) is 2.29. The molecule has 0 spiro atoms. The quantitative estimate of drug-likeness (QED) is 0.579. The number of thioether (sulfide) groups is 1. The summed E-state index contributed by atoms with van der Waals surface area (Å²) in [5.41, 5.74) is 0.983. The highest BCUT2D eigenvalue weighted by Gasteiger charge is 2.17. The van der Waals surface area contributed by atoms with Crippen molar-refractivity contribution in [2.75, 3.05) is 11.0 Å². The molecule has 2 nitrogen and oxygen atoms in total. The molecule has 1 atom stereocenters. The first-order chi connectivity index (χ1) is 5.79. The lowest BCUT2D eigenvalue weighted by Crippen LogP contribution is -1.90. The standard InChI is InChI=1S/C7H7NOS3/c1-10-5-2-3-6-7(4-5)11-12(9)8-6/h2-4,8H,1H3/t12-/m1/s1. The van der Waals surface area contributed by atoms with E-state index in [-0.39, 0.29) is 0 Å². The molecule has 0 amide bonds. The average Bonchev–Trinajstić information content (AvgIpc) is 2.43. The Bertz CT molecular complexity index is 339. The Morgan fingerprint density at radius 3 is 3.17 bits per heavy atom. The van der Waals surface area contributed by atoms with E-state index in [0.717, 1.165) is 10.6 Å². The lowest BCUT2D eigenvalue weighted by Gasteiger charge is -1.98. The molecular formula is C7H7NOS3. The highest BCUT2D eigenvalue weighted by Crippen LogP contribution is 2.39. The Kier molecular flexibility index (Phi) is 2.34. The molecule has 5 heteroatoms.